The summed E-state index contributed by atoms with van der Waals surface area (Å²) in [5, 5.41) is 13.7. The van der Waals surface area contributed by atoms with Gasteiger partial charge in [-0.3, -0.25) is 0 Å². The lowest BCUT2D eigenvalue weighted by atomic mass is 10.3. The molecular formula is C15H24N6S. The molecule has 2 heterocycles. The van der Waals surface area contributed by atoms with Crippen molar-refractivity contribution >= 4 is 17.3 Å². The third kappa shape index (κ3) is 4.30. The van der Waals surface area contributed by atoms with Crippen molar-refractivity contribution in [2.45, 2.75) is 26.8 Å². The molecule has 0 bridgehead atoms. The fraction of sp³-hybridized carbons (Fsp3) is 0.533. The molecule has 7 heteroatoms. The van der Waals surface area contributed by atoms with Crippen LogP contribution >= 0.6 is 11.3 Å². The van der Waals surface area contributed by atoms with Gasteiger partial charge in [-0.15, -0.1) is 21.5 Å². The molecule has 2 rings (SSSR count). The first kappa shape index (κ1) is 16.5. The summed E-state index contributed by atoms with van der Waals surface area (Å²) >= 11 is 1.80. The number of thiophene rings is 1. The largest absolute Gasteiger partial charge is 0.357 e. The number of likely N-dealkylation sites (N-methyl/N-ethyl adjacent to an activating group) is 1. The maximum Gasteiger partial charge on any atom is 0.194 e. The van der Waals surface area contributed by atoms with E-state index in [1.54, 1.807) is 11.3 Å². The lowest BCUT2D eigenvalue weighted by molar-refractivity contribution is 0.486. The smallest absolute Gasteiger partial charge is 0.194 e. The molecule has 0 fully saturated rings. The van der Waals surface area contributed by atoms with Crippen LogP contribution < -0.4 is 5.32 Å². The minimum absolute atomic E-state index is 0.531. The molecule has 0 saturated heterocycles. The van der Waals surface area contributed by atoms with E-state index in [0.29, 0.717) is 6.54 Å². The van der Waals surface area contributed by atoms with E-state index < -0.39 is 0 Å². The van der Waals surface area contributed by atoms with Crippen molar-refractivity contribution < 1.29 is 0 Å². The van der Waals surface area contributed by atoms with Gasteiger partial charge < -0.3 is 14.8 Å². The molecule has 0 radical (unpaired) electrons. The van der Waals surface area contributed by atoms with Gasteiger partial charge in [0, 0.05) is 32.1 Å². The molecule has 6 nitrogen and oxygen atoms in total. The molecule has 120 valence electrons. The average molecular weight is 320 g/mol. The summed E-state index contributed by atoms with van der Waals surface area (Å²) in [5.41, 5.74) is 0. The van der Waals surface area contributed by atoms with Gasteiger partial charge in [-0.25, -0.2) is 4.99 Å². The lowest BCUT2D eigenvalue weighted by Crippen LogP contribution is -2.39. The number of nitrogens with one attached hydrogen (secondary N) is 1. The zero-order valence-electron chi connectivity index (χ0n) is 13.7. The summed E-state index contributed by atoms with van der Waals surface area (Å²) < 4.78 is 1.97. The zero-order chi connectivity index (χ0) is 15.9. The van der Waals surface area contributed by atoms with Gasteiger partial charge in [-0.1, -0.05) is 6.07 Å². The number of rotatable bonds is 6. The Labute approximate surface area is 135 Å². The third-order valence-electron chi connectivity index (χ3n) is 3.52. The number of guanidine groups is 1. The Morgan fingerprint density at radius 1 is 1.45 bits per heavy atom. The van der Waals surface area contributed by atoms with Gasteiger partial charge in [-0.2, -0.15) is 0 Å². The number of hydrogen-bond donors (Lipinski definition) is 1. The highest BCUT2D eigenvalue weighted by Gasteiger charge is 2.08. The number of hydrogen-bond acceptors (Lipinski definition) is 4. The molecule has 0 spiro atoms. The summed E-state index contributed by atoms with van der Waals surface area (Å²) in [7, 11) is 4.03. The summed E-state index contributed by atoms with van der Waals surface area (Å²) in [6, 6.07) is 4.26. The maximum absolute atomic E-state index is 4.67. The minimum atomic E-state index is 0.531. The molecule has 0 amide bonds. The normalized spacial score (nSPS) is 11.7. The Balaban J connectivity index is 1.98. The second-order valence-corrected chi connectivity index (χ2v) is 6.18. The highest BCUT2D eigenvalue weighted by Crippen LogP contribution is 2.09. The van der Waals surface area contributed by atoms with Crippen molar-refractivity contribution in [3.05, 3.63) is 34.0 Å². The monoisotopic (exact) mass is 320 g/mol. The standard InChI is InChI=1S/C15H24N6S/c1-5-16-15(17-11-14-19-18-12(2)21(14)4)20(3)9-8-13-7-6-10-22-13/h6-7,10H,5,8-9,11H2,1-4H3,(H,16,17). The first-order valence-electron chi connectivity index (χ1n) is 7.48. The van der Waals surface area contributed by atoms with E-state index in [2.05, 4.69) is 56.9 Å². The van der Waals surface area contributed by atoms with Gasteiger partial charge in [-0.05, 0) is 31.7 Å². The van der Waals surface area contributed by atoms with Gasteiger partial charge in [0.25, 0.3) is 0 Å². The van der Waals surface area contributed by atoms with Gasteiger partial charge in [0.1, 0.15) is 12.4 Å². The van der Waals surface area contributed by atoms with Crippen molar-refractivity contribution in [1.82, 2.24) is 25.0 Å². The van der Waals surface area contributed by atoms with Gasteiger partial charge in [0.05, 0.1) is 0 Å². The number of aliphatic imine (C=N–C) groups is 1. The quantitative estimate of drug-likeness (QED) is 0.651. The Kier molecular flexibility index (Phi) is 5.94. The first-order chi connectivity index (χ1) is 10.6. The summed E-state index contributed by atoms with van der Waals surface area (Å²) in [4.78, 5) is 8.22. The fourth-order valence-corrected chi connectivity index (χ4v) is 2.74. The predicted octanol–water partition coefficient (Wildman–Crippen LogP) is 1.83. The maximum atomic E-state index is 4.67. The molecule has 0 unspecified atom stereocenters. The van der Waals surface area contributed by atoms with E-state index >= 15 is 0 Å². The molecule has 2 aromatic heterocycles. The van der Waals surface area contributed by atoms with Crippen LogP contribution in [0.1, 0.15) is 23.4 Å². The summed E-state index contributed by atoms with van der Waals surface area (Å²) in [6.07, 6.45) is 1.03. The Bertz CT molecular complexity index is 602. The number of nitrogens with zero attached hydrogens (tertiary/aromatic N) is 5. The van der Waals surface area contributed by atoms with E-state index in [4.69, 9.17) is 0 Å². The topological polar surface area (TPSA) is 58.3 Å². The van der Waals surface area contributed by atoms with Crippen molar-refractivity contribution in [3.63, 3.8) is 0 Å². The van der Waals surface area contributed by atoms with Crippen LogP contribution in [0.5, 0.6) is 0 Å². The summed E-state index contributed by atoms with van der Waals surface area (Å²) in [6.45, 7) is 6.33. The van der Waals surface area contributed by atoms with Crippen molar-refractivity contribution in [3.8, 4) is 0 Å². The second kappa shape index (κ2) is 7.93. The van der Waals surface area contributed by atoms with E-state index in [1.165, 1.54) is 4.88 Å². The van der Waals surface area contributed by atoms with E-state index in [1.807, 2.05) is 18.5 Å². The molecule has 0 saturated carbocycles. The van der Waals surface area contributed by atoms with Gasteiger partial charge in [0.15, 0.2) is 11.8 Å². The molecule has 0 atom stereocenters. The van der Waals surface area contributed by atoms with Crippen LogP contribution in [0, 0.1) is 6.92 Å². The van der Waals surface area contributed by atoms with E-state index in [0.717, 1.165) is 37.1 Å². The SMILES string of the molecule is CCNC(=NCc1nnc(C)n1C)N(C)CCc1cccs1. The second-order valence-electron chi connectivity index (χ2n) is 5.14. The van der Waals surface area contributed by atoms with Crippen LogP contribution in [0.3, 0.4) is 0 Å². The molecule has 0 aliphatic heterocycles. The average Bonchev–Trinajstić information content (AvgIpc) is 3.13. The minimum Gasteiger partial charge on any atom is -0.357 e. The van der Waals surface area contributed by atoms with Gasteiger partial charge >= 0.3 is 0 Å². The Morgan fingerprint density at radius 3 is 2.86 bits per heavy atom. The van der Waals surface area contributed by atoms with Crippen molar-refractivity contribution in [2.24, 2.45) is 12.0 Å². The van der Waals surface area contributed by atoms with Crippen LogP contribution in [0.25, 0.3) is 0 Å². The highest BCUT2D eigenvalue weighted by atomic mass is 32.1. The number of aromatic nitrogens is 3. The number of aryl methyl sites for hydroxylation is 1. The zero-order valence-corrected chi connectivity index (χ0v) is 14.5. The van der Waals surface area contributed by atoms with Crippen molar-refractivity contribution in [2.75, 3.05) is 20.1 Å². The summed E-state index contributed by atoms with van der Waals surface area (Å²) in [5.74, 6) is 2.68. The van der Waals surface area contributed by atoms with Gasteiger partial charge in [0.2, 0.25) is 0 Å². The molecular weight excluding hydrogens is 296 g/mol. The molecule has 22 heavy (non-hydrogen) atoms. The van der Waals surface area contributed by atoms with Crippen LogP contribution in [0.2, 0.25) is 0 Å². The van der Waals surface area contributed by atoms with Crippen LogP contribution in [0.4, 0.5) is 0 Å². The highest BCUT2D eigenvalue weighted by molar-refractivity contribution is 7.09. The van der Waals surface area contributed by atoms with Crippen LogP contribution in [-0.2, 0) is 20.0 Å². The Hall–Kier alpha value is -1.89. The van der Waals surface area contributed by atoms with Crippen LogP contribution in [0.15, 0.2) is 22.5 Å². The van der Waals surface area contributed by atoms with E-state index in [-0.39, 0.29) is 0 Å². The van der Waals surface area contributed by atoms with E-state index in [9.17, 15) is 0 Å². The molecule has 0 aliphatic rings. The predicted molar refractivity (Wildman–Crippen MR) is 91.2 cm³/mol. The van der Waals surface area contributed by atoms with Crippen molar-refractivity contribution in [1.29, 1.82) is 0 Å². The molecule has 1 N–H and O–H groups in total. The van der Waals surface area contributed by atoms with Crippen LogP contribution in [-0.4, -0.2) is 45.8 Å². The molecule has 0 aromatic carbocycles. The lowest BCUT2D eigenvalue weighted by Gasteiger charge is -2.21. The molecule has 2 aromatic rings. The fourth-order valence-electron chi connectivity index (χ4n) is 2.04. The first-order valence-corrected chi connectivity index (χ1v) is 8.36. The Morgan fingerprint density at radius 2 is 2.27 bits per heavy atom. The third-order valence-corrected chi connectivity index (χ3v) is 4.46. The molecule has 0 aliphatic carbocycles.